The third-order valence-electron chi connectivity index (χ3n) is 15.6. The average molecular weight is 899 g/mol. The van der Waals surface area contributed by atoms with Crippen LogP contribution in [0.4, 0.5) is 0 Å². The molecule has 0 aliphatic carbocycles. The predicted molar refractivity (Wildman–Crippen MR) is 304 cm³/mol. The Morgan fingerprint density at radius 1 is 0.221 bits per heavy atom. The van der Waals surface area contributed by atoms with E-state index < -0.39 is 16.1 Å². The third kappa shape index (κ3) is 6.18. The Balaban J connectivity index is 0.895. The van der Waals surface area contributed by atoms with Gasteiger partial charge in [0.15, 0.2) is 0 Å². The summed E-state index contributed by atoms with van der Waals surface area (Å²) in [6.07, 6.45) is 0. The van der Waals surface area contributed by atoms with E-state index in [0.29, 0.717) is 0 Å². The number of rotatable bonds is 6. The summed E-state index contributed by atoms with van der Waals surface area (Å²) in [7, 11) is -4.30. The van der Waals surface area contributed by atoms with Gasteiger partial charge in [0.25, 0.3) is 0 Å². The molecule has 13 rings (SSSR count). The molecule has 2 heteroatoms. The zero-order chi connectivity index (χ0) is 45.7. The maximum atomic E-state index is 2.53. The minimum Gasteiger partial charge on any atom is -0.0620 e. The molecule has 322 valence electrons. The van der Waals surface area contributed by atoms with Crippen LogP contribution < -0.4 is 20.7 Å². The largest absolute Gasteiger partial charge is 0.113 e. The predicted octanol–water partition coefficient (Wildman–Crippen LogP) is 15.9. The lowest BCUT2D eigenvalue weighted by Crippen LogP contribution is -2.53. The van der Waals surface area contributed by atoms with Crippen LogP contribution in [0.1, 0.15) is 0 Å². The summed E-state index contributed by atoms with van der Waals surface area (Å²) in [6.45, 7) is 10.1. The Morgan fingerprint density at radius 2 is 0.544 bits per heavy atom. The highest BCUT2D eigenvalue weighted by atomic mass is 28.3. The summed E-state index contributed by atoms with van der Waals surface area (Å²) in [5.41, 5.74) is 5.11. The fraction of sp³-hybridized carbons (Fsp3) is 0.0606. The van der Waals surface area contributed by atoms with E-state index in [1.165, 1.54) is 129 Å². The molecular formula is C66H50Si2. The van der Waals surface area contributed by atoms with Crippen molar-refractivity contribution >= 4 is 123 Å². The molecule has 68 heavy (non-hydrogen) atoms. The second-order valence-electron chi connectivity index (χ2n) is 19.9. The van der Waals surface area contributed by atoms with E-state index >= 15 is 0 Å². The average Bonchev–Trinajstić information content (AvgIpc) is 3.39. The standard InChI is InChI=1S/C66H50Si2/c1-67(2,63-27-15-26-52-54-38-32-43-16-5-7-18-49(43)53(54)40-41-57(52)63)47-34-28-45(29-35-47)65-58-22-11-13-24-60(58)66(61-25-14-12-23-59(61)65)46-30-36-48(37-31-46)68(3,4)64-42-62-50-19-8-6-17-44(50)33-39-55(62)51-20-9-10-21-56(51)64/h5-42H,1-4H3. The van der Waals surface area contributed by atoms with Crippen LogP contribution >= 0.6 is 0 Å². The first kappa shape index (κ1) is 40.6. The smallest absolute Gasteiger partial charge is 0.0620 e. The van der Waals surface area contributed by atoms with Crippen molar-refractivity contribution in [1.29, 1.82) is 0 Å². The summed E-state index contributed by atoms with van der Waals surface area (Å²) in [6, 6.07) is 87.5. The highest BCUT2D eigenvalue weighted by Gasteiger charge is 2.31. The quantitative estimate of drug-likeness (QED) is 0.0886. The molecule has 0 saturated heterocycles. The summed E-state index contributed by atoms with van der Waals surface area (Å²) >= 11 is 0. The molecule has 0 aromatic heterocycles. The molecule has 0 fully saturated rings. The van der Waals surface area contributed by atoms with E-state index in [1.807, 2.05) is 0 Å². The van der Waals surface area contributed by atoms with E-state index in [-0.39, 0.29) is 0 Å². The molecule has 0 amide bonds. The Hall–Kier alpha value is -7.63. The van der Waals surface area contributed by atoms with Crippen LogP contribution in [0.15, 0.2) is 231 Å². The maximum Gasteiger partial charge on any atom is 0.113 e. The lowest BCUT2D eigenvalue weighted by Gasteiger charge is -2.27. The van der Waals surface area contributed by atoms with Gasteiger partial charge >= 0.3 is 0 Å². The molecule has 13 aromatic carbocycles. The van der Waals surface area contributed by atoms with Crippen LogP contribution in [-0.4, -0.2) is 16.1 Å². The summed E-state index contributed by atoms with van der Waals surface area (Å²) in [4.78, 5) is 0. The molecule has 0 heterocycles. The van der Waals surface area contributed by atoms with Crippen LogP contribution in [0.25, 0.3) is 108 Å². The van der Waals surface area contributed by atoms with Gasteiger partial charge in [-0.1, -0.05) is 267 Å². The van der Waals surface area contributed by atoms with Gasteiger partial charge in [-0.2, -0.15) is 0 Å². The Labute approximate surface area is 399 Å². The van der Waals surface area contributed by atoms with Gasteiger partial charge in [0, 0.05) is 0 Å². The minimum absolute atomic E-state index is 1.26. The van der Waals surface area contributed by atoms with Crippen molar-refractivity contribution in [3.05, 3.63) is 231 Å². The van der Waals surface area contributed by atoms with Gasteiger partial charge in [0.2, 0.25) is 0 Å². The zero-order valence-corrected chi connectivity index (χ0v) is 40.9. The van der Waals surface area contributed by atoms with Crippen LogP contribution in [0, 0.1) is 0 Å². The van der Waals surface area contributed by atoms with Crippen molar-refractivity contribution in [2.75, 3.05) is 0 Å². The molecule has 0 N–H and O–H groups in total. The van der Waals surface area contributed by atoms with E-state index in [2.05, 4.69) is 257 Å². The first-order chi connectivity index (χ1) is 33.3. The Morgan fingerprint density at radius 3 is 1.06 bits per heavy atom. The van der Waals surface area contributed by atoms with E-state index in [0.717, 1.165) is 0 Å². The van der Waals surface area contributed by atoms with Crippen molar-refractivity contribution in [1.82, 2.24) is 0 Å². The van der Waals surface area contributed by atoms with Crippen LogP contribution in [0.3, 0.4) is 0 Å². The van der Waals surface area contributed by atoms with Gasteiger partial charge in [-0.15, -0.1) is 0 Å². The van der Waals surface area contributed by atoms with Crippen molar-refractivity contribution < 1.29 is 0 Å². The number of benzene rings is 13. The highest BCUT2D eigenvalue weighted by molar-refractivity contribution is 7.02. The zero-order valence-electron chi connectivity index (χ0n) is 38.9. The lowest BCUT2D eigenvalue weighted by molar-refractivity contribution is 1.65. The van der Waals surface area contributed by atoms with E-state index in [4.69, 9.17) is 0 Å². The fourth-order valence-electron chi connectivity index (χ4n) is 11.9. The van der Waals surface area contributed by atoms with Crippen molar-refractivity contribution in [3.63, 3.8) is 0 Å². The molecule has 0 atom stereocenters. The van der Waals surface area contributed by atoms with E-state index in [1.54, 1.807) is 0 Å². The minimum atomic E-state index is -2.18. The van der Waals surface area contributed by atoms with Crippen molar-refractivity contribution in [2.24, 2.45) is 0 Å². The molecule has 0 radical (unpaired) electrons. The summed E-state index contributed by atoms with van der Waals surface area (Å²) in [5, 5.41) is 27.0. The summed E-state index contributed by atoms with van der Waals surface area (Å²) in [5.74, 6) is 0. The normalized spacial score (nSPS) is 12.4. The molecule has 0 spiro atoms. The van der Waals surface area contributed by atoms with Gasteiger partial charge in [-0.25, -0.2) is 0 Å². The Bertz CT molecular complexity index is 4120. The van der Waals surface area contributed by atoms with Crippen LogP contribution in [0.2, 0.25) is 26.2 Å². The van der Waals surface area contributed by atoms with Gasteiger partial charge in [0.1, 0.15) is 16.1 Å². The molecule has 0 aliphatic rings. The fourth-order valence-corrected chi connectivity index (χ4v) is 17.4. The SMILES string of the molecule is C[Si](C)(c1ccc(-c2c3ccccc3c(-c3ccc([Si](C)(C)c4cc5c6ccccc6ccc5c5ccccc45)cc3)c3ccccc23)cc1)c1cccc2c1ccc1c3ccccc3ccc21. The molecule has 0 saturated carbocycles. The first-order valence-electron chi connectivity index (χ1n) is 24.1. The molecule has 0 aliphatic heterocycles. The second kappa shape index (κ2) is 15.5. The maximum absolute atomic E-state index is 2.53. The van der Waals surface area contributed by atoms with Crippen molar-refractivity contribution in [3.8, 4) is 22.3 Å². The second-order valence-corrected chi connectivity index (χ2v) is 28.7. The lowest BCUT2D eigenvalue weighted by atomic mass is 9.86. The molecule has 0 nitrogen and oxygen atoms in total. The van der Waals surface area contributed by atoms with Crippen LogP contribution in [-0.2, 0) is 0 Å². The number of hydrogen-bond acceptors (Lipinski definition) is 0. The van der Waals surface area contributed by atoms with E-state index in [9.17, 15) is 0 Å². The molecular weight excluding hydrogens is 849 g/mol. The Kier molecular flexibility index (Phi) is 9.24. The van der Waals surface area contributed by atoms with Gasteiger partial charge in [-0.05, 0) is 119 Å². The van der Waals surface area contributed by atoms with Gasteiger partial charge in [-0.3, -0.25) is 0 Å². The summed E-state index contributed by atoms with van der Waals surface area (Å²) < 4.78 is 0. The topological polar surface area (TPSA) is 0 Å². The first-order valence-corrected chi connectivity index (χ1v) is 30.1. The molecule has 13 aromatic rings. The van der Waals surface area contributed by atoms with Gasteiger partial charge in [0.05, 0.1) is 0 Å². The van der Waals surface area contributed by atoms with Crippen LogP contribution in [0.5, 0.6) is 0 Å². The molecule has 0 bridgehead atoms. The highest BCUT2D eigenvalue weighted by Crippen LogP contribution is 2.44. The molecule has 0 unspecified atom stereocenters. The van der Waals surface area contributed by atoms with Gasteiger partial charge < -0.3 is 0 Å². The number of fused-ring (bicyclic) bond motifs is 12. The monoisotopic (exact) mass is 898 g/mol. The third-order valence-corrected chi connectivity index (χ3v) is 22.7. The number of hydrogen-bond donors (Lipinski definition) is 0. The van der Waals surface area contributed by atoms with Crippen molar-refractivity contribution in [2.45, 2.75) is 26.2 Å².